The van der Waals surface area contributed by atoms with Gasteiger partial charge < -0.3 is 10.2 Å². The summed E-state index contributed by atoms with van der Waals surface area (Å²) >= 11 is 5.79. The Kier molecular flexibility index (Phi) is 5.31. The number of aromatic nitrogens is 2. The van der Waals surface area contributed by atoms with Gasteiger partial charge in [0.2, 0.25) is 0 Å². The van der Waals surface area contributed by atoms with Crippen LogP contribution in [0, 0.1) is 0 Å². The summed E-state index contributed by atoms with van der Waals surface area (Å²) in [6.07, 6.45) is 2.00. The van der Waals surface area contributed by atoms with E-state index in [1.54, 1.807) is 0 Å². The Morgan fingerprint density at radius 1 is 1.53 bits per heavy atom. The zero-order valence-electron chi connectivity index (χ0n) is 10.3. The third-order valence-electron chi connectivity index (χ3n) is 2.59. The Labute approximate surface area is 106 Å². The smallest absolute Gasteiger partial charge is 0.156 e. The largest absolute Gasteiger partial charge is 0.368 e. The first kappa shape index (κ1) is 13.9. The number of rotatable bonds is 6. The molecule has 0 aliphatic carbocycles. The molecule has 0 radical (unpaired) electrons. The molecule has 1 aromatic rings. The minimum Gasteiger partial charge on any atom is -0.368 e. The van der Waals surface area contributed by atoms with Crippen LogP contribution >= 0.6 is 11.6 Å². The van der Waals surface area contributed by atoms with Crippen LogP contribution in [0.1, 0.15) is 24.2 Å². The number of hydrogen-bond acceptors (Lipinski definition) is 5. The van der Waals surface area contributed by atoms with Crippen LogP contribution < -0.4 is 5.32 Å². The average molecular weight is 257 g/mol. The molecule has 0 atom stereocenters. The van der Waals surface area contributed by atoms with Crippen LogP contribution in [0.3, 0.4) is 0 Å². The Morgan fingerprint density at radius 2 is 2.24 bits per heavy atom. The molecule has 17 heavy (non-hydrogen) atoms. The fourth-order valence-corrected chi connectivity index (χ4v) is 1.41. The second-order valence-electron chi connectivity index (χ2n) is 4.05. The second kappa shape index (κ2) is 6.51. The predicted octanol–water partition coefficient (Wildman–Crippen LogP) is 1.69. The number of anilines is 1. The quantitative estimate of drug-likeness (QED) is 0.620. The van der Waals surface area contributed by atoms with Crippen LogP contribution in [0.2, 0.25) is 5.15 Å². The van der Waals surface area contributed by atoms with E-state index in [-0.39, 0.29) is 5.15 Å². The number of carbonyl (C=O) groups excluding carboxylic acids is 1. The number of hydrogen-bond donors (Lipinski definition) is 1. The summed E-state index contributed by atoms with van der Waals surface area (Å²) in [4.78, 5) is 20.8. The molecule has 0 unspecified atom stereocenters. The molecule has 0 fully saturated rings. The SMILES string of the molecule is CC(C)N(C)CCNc1ncnc(Cl)c1C=O. The van der Waals surface area contributed by atoms with Gasteiger partial charge in [0.1, 0.15) is 17.3 Å². The highest BCUT2D eigenvalue weighted by Gasteiger charge is 2.09. The maximum absolute atomic E-state index is 10.8. The zero-order chi connectivity index (χ0) is 12.8. The summed E-state index contributed by atoms with van der Waals surface area (Å²) in [5.41, 5.74) is 0.307. The van der Waals surface area contributed by atoms with Gasteiger partial charge in [0, 0.05) is 19.1 Å². The highest BCUT2D eigenvalue weighted by molar-refractivity contribution is 6.32. The van der Waals surface area contributed by atoms with E-state index in [0.717, 1.165) is 6.54 Å². The molecule has 5 nitrogen and oxygen atoms in total. The number of nitrogens with zero attached hydrogens (tertiary/aromatic N) is 3. The molecule has 0 spiro atoms. The van der Waals surface area contributed by atoms with Crippen LogP contribution in [0.25, 0.3) is 0 Å². The molecule has 6 heteroatoms. The third kappa shape index (κ3) is 3.94. The van der Waals surface area contributed by atoms with Gasteiger partial charge in [-0.15, -0.1) is 0 Å². The number of likely N-dealkylation sites (N-methyl/N-ethyl adjacent to an activating group) is 1. The number of nitrogens with one attached hydrogen (secondary N) is 1. The zero-order valence-corrected chi connectivity index (χ0v) is 11.0. The van der Waals surface area contributed by atoms with Gasteiger partial charge in [-0.2, -0.15) is 0 Å². The number of carbonyl (C=O) groups is 1. The molecule has 0 aliphatic heterocycles. The van der Waals surface area contributed by atoms with Gasteiger partial charge in [-0.1, -0.05) is 11.6 Å². The number of aldehydes is 1. The van der Waals surface area contributed by atoms with E-state index in [4.69, 9.17) is 11.6 Å². The molecule has 1 rings (SSSR count). The maximum Gasteiger partial charge on any atom is 0.156 e. The summed E-state index contributed by atoms with van der Waals surface area (Å²) in [7, 11) is 2.04. The first-order chi connectivity index (χ1) is 8.06. The van der Waals surface area contributed by atoms with Crippen molar-refractivity contribution in [2.45, 2.75) is 19.9 Å². The molecule has 0 amide bonds. The van der Waals surface area contributed by atoms with Crippen molar-refractivity contribution in [1.29, 1.82) is 0 Å². The maximum atomic E-state index is 10.8. The van der Waals surface area contributed by atoms with Crippen LogP contribution in [0.5, 0.6) is 0 Å². The van der Waals surface area contributed by atoms with E-state index >= 15 is 0 Å². The monoisotopic (exact) mass is 256 g/mol. The Hall–Kier alpha value is -1.20. The molecule has 94 valence electrons. The standard InChI is InChI=1S/C11H17ClN4O/c1-8(2)16(3)5-4-13-11-9(6-17)10(12)14-7-15-11/h6-8H,4-5H2,1-3H3,(H,13,14,15). The molecular formula is C11H17ClN4O. The number of halogens is 1. The molecule has 0 aliphatic rings. The van der Waals surface area contributed by atoms with Crippen molar-refractivity contribution in [1.82, 2.24) is 14.9 Å². The van der Waals surface area contributed by atoms with Gasteiger partial charge in [0.25, 0.3) is 0 Å². The van der Waals surface area contributed by atoms with Gasteiger partial charge in [-0.3, -0.25) is 4.79 Å². The van der Waals surface area contributed by atoms with Crippen molar-refractivity contribution < 1.29 is 4.79 Å². The van der Waals surface area contributed by atoms with E-state index in [1.165, 1.54) is 6.33 Å². The van der Waals surface area contributed by atoms with E-state index in [9.17, 15) is 4.79 Å². The van der Waals surface area contributed by atoms with Crippen LogP contribution in [-0.4, -0.2) is 47.3 Å². The van der Waals surface area contributed by atoms with Crippen LogP contribution in [0.15, 0.2) is 6.33 Å². The van der Waals surface area contributed by atoms with E-state index < -0.39 is 0 Å². The van der Waals surface area contributed by atoms with Gasteiger partial charge in [0.05, 0.1) is 5.56 Å². The Bertz CT molecular complexity index is 384. The summed E-state index contributed by atoms with van der Waals surface area (Å²) in [6, 6.07) is 0.483. The topological polar surface area (TPSA) is 58.1 Å². The van der Waals surface area contributed by atoms with Crippen molar-refractivity contribution >= 4 is 23.7 Å². The lowest BCUT2D eigenvalue weighted by Crippen LogP contribution is -2.31. The molecule has 0 saturated carbocycles. The fraction of sp³-hybridized carbons (Fsp3) is 0.545. The average Bonchev–Trinajstić information content (AvgIpc) is 2.29. The van der Waals surface area contributed by atoms with E-state index in [0.29, 0.717) is 30.3 Å². The lowest BCUT2D eigenvalue weighted by atomic mass is 10.3. The van der Waals surface area contributed by atoms with E-state index in [2.05, 4.69) is 34.0 Å². The first-order valence-corrected chi connectivity index (χ1v) is 5.83. The molecule has 0 saturated heterocycles. The highest BCUT2D eigenvalue weighted by atomic mass is 35.5. The summed E-state index contributed by atoms with van der Waals surface area (Å²) in [6.45, 7) is 5.80. The van der Waals surface area contributed by atoms with Crippen LogP contribution in [0.4, 0.5) is 5.82 Å². The first-order valence-electron chi connectivity index (χ1n) is 5.46. The minimum atomic E-state index is 0.176. The molecule has 0 bridgehead atoms. The van der Waals surface area contributed by atoms with Gasteiger partial charge in [-0.25, -0.2) is 9.97 Å². The van der Waals surface area contributed by atoms with E-state index in [1.807, 2.05) is 7.05 Å². The normalized spacial score (nSPS) is 10.9. The van der Waals surface area contributed by atoms with Gasteiger partial charge in [-0.05, 0) is 20.9 Å². The molecule has 1 N–H and O–H groups in total. The molecule has 0 aromatic carbocycles. The lowest BCUT2D eigenvalue weighted by Gasteiger charge is -2.21. The summed E-state index contributed by atoms with van der Waals surface area (Å²) in [5, 5.41) is 3.26. The van der Waals surface area contributed by atoms with Crippen molar-refractivity contribution in [2.75, 3.05) is 25.5 Å². The molecule has 1 aromatic heterocycles. The Morgan fingerprint density at radius 3 is 2.82 bits per heavy atom. The van der Waals surface area contributed by atoms with Crippen molar-refractivity contribution in [3.63, 3.8) is 0 Å². The predicted molar refractivity (Wildman–Crippen MR) is 68.7 cm³/mol. The lowest BCUT2D eigenvalue weighted by molar-refractivity contribution is 0.112. The van der Waals surface area contributed by atoms with Crippen LogP contribution in [-0.2, 0) is 0 Å². The Balaban J connectivity index is 2.58. The second-order valence-corrected chi connectivity index (χ2v) is 4.40. The van der Waals surface area contributed by atoms with Gasteiger partial charge in [0.15, 0.2) is 6.29 Å². The highest BCUT2D eigenvalue weighted by Crippen LogP contribution is 2.16. The fourth-order valence-electron chi connectivity index (χ4n) is 1.23. The van der Waals surface area contributed by atoms with Crippen molar-refractivity contribution in [2.24, 2.45) is 0 Å². The van der Waals surface area contributed by atoms with Gasteiger partial charge >= 0.3 is 0 Å². The van der Waals surface area contributed by atoms with Crippen molar-refractivity contribution in [3.8, 4) is 0 Å². The molecular weight excluding hydrogens is 240 g/mol. The summed E-state index contributed by atoms with van der Waals surface area (Å²) < 4.78 is 0. The molecule has 1 heterocycles. The summed E-state index contributed by atoms with van der Waals surface area (Å²) in [5.74, 6) is 0.483. The third-order valence-corrected chi connectivity index (χ3v) is 2.89. The minimum absolute atomic E-state index is 0.176. The van der Waals surface area contributed by atoms with Crippen molar-refractivity contribution in [3.05, 3.63) is 17.0 Å².